The van der Waals surface area contributed by atoms with Crippen LogP contribution in [0.2, 0.25) is 0 Å². The van der Waals surface area contributed by atoms with Crippen molar-refractivity contribution in [3.63, 3.8) is 0 Å². The summed E-state index contributed by atoms with van der Waals surface area (Å²) in [7, 11) is 0. The lowest BCUT2D eigenvalue weighted by Gasteiger charge is -2.31. The number of ether oxygens (including phenoxy) is 1. The number of amides is 2. The van der Waals surface area contributed by atoms with Gasteiger partial charge in [-0.15, -0.1) is 0 Å². The number of hydrogen-bond acceptors (Lipinski definition) is 4. The number of anilines is 2. The Balaban J connectivity index is 1.49. The van der Waals surface area contributed by atoms with Gasteiger partial charge in [-0.25, -0.2) is 4.98 Å². The van der Waals surface area contributed by atoms with Gasteiger partial charge in [0.1, 0.15) is 0 Å². The lowest BCUT2D eigenvalue weighted by Crippen LogP contribution is -2.43. The smallest absolute Gasteiger partial charge is 0.266 e. The molecule has 0 N–H and O–H groups in total. The highest BCUT2D eigenvalue weighted by atomic mass is 16.5. The summed E-state index contributed by atoms with van der Waals surface area (Å²) >= 11 is 0. The van der Waals surface area contributed by atoms with E-state index in [2.05, 4.69) is 11.1 Å². The third kappa shape index (κ3) is 2.95. The minimum absolute atomic E-state index is 0.0145. The lowest BCUT2D eigenvalue weighted by molar-refractivity contribution is -0.121. The summed E-state index contributed by atoms with van der Waals surface area (Å²) in [4.78, 5) is 32.6. The maximum Gasteiger partial charge on any atom is 0.266 e. The fraction of sp³-hybridized carbons (Fsp3) is 0.316. The van der Waals surface area contributed by atoms with Crippen LogP contribution >= 0.6 is 0 Å². The van der Waals surface area contributed by atoms with Crippen molar-refractivity contribution in [3.8, 4) is 5.75 Å². The van der Waals surface area contributed by atoms with Crippen LogP contribution in [0.15, 0.2) is 42.6 Å². The van der Waals surface area contributed by atoms with Gasteiger partial charge >= 0.3 is 0 Å². The minimum Gasteiger partial charge on any atom is -0.480 e. The number of rotatable bonds is 3. The van der Waals surface area contributed by atoms with Gasteiger partial charge in [-0.2, -0.15) is 0 Å². The lowest BCUT2D eigenvalue weighted by atomic mass is 10.0. The van der Waals surface area contributed by atoms with Crippen LogP contribution < -0.4 is 14.5 Å². The number of nitrogens with zero attached hydrogens (tertiary/aromatic N) is 3. The summed E-state index contributed by atoms with van der Waals surface area (Å²) in [5, 5.41) is 0. The van der Waals surface area contributed by atoms with E-state index in [4.69, 9.17) is 4.74 Å². The predicted molar refractivity (Wildman–Crippen MR) is 93.8 cm³/mol. The Bertz CT molecular complexity index is 821. The van der Waals surface area contributed by atoms with E-state index < -0.39 is 0 Å². The van der Waals surface area contributed by atoms with E-state index in [0.717, 1.165) is 25.1 Å². The Morgan fingerprint density at radius 3 is 3.00 bits per heavy atom. The number of aromatic nitrogens is 1. The topological polar surface area (TPSA) is 62.7 Å². The molecule has 0 saturated carbocycles. The quantitative estimate of drug-likeness (QED) is 0.861. The van der Waals surface area contributed by atoms with E-state index >= 15 is 0 Å². The molecule has 6 nitrogen and oxygen atoms in total. The molecule has 128 valence electrons. The van der Waals surface area contributed by atoms with Gasteiger partial charge in [0, 0.05) is 31.4 Å². The summed E-state index contributed by atoms with van der Waals surface area (Å²) in [6, 6.07) is 11.6. The number of para-hydroxylation sites is 1. The van der Waals surface area contributed by atoms with Crippen molar-refractivity contribution < 1.29 is 14.3 Å². The highest BCUT2D eigenvalue weighted by molar-refractivity contribution is 5.99. The monoisotopic (exact) mass is 337 g/mol. The molecule has 2 aliphatic rings. The molecular formula is C19H19N3O3. The second-order valence-corrected chi connectivity index (χ2v) is 6.19. The fourth-order valence-electron chi connectivity index (χ4n) is 3.40. The molecule has 6 heteroatoms. The molecule has 3 heterocycles. The molecule has 0 atom stereocenters. The third-order valence-corrected chi connectivity index (χ3v) is 4.62. The van der Waals surface area contributed by atoms with Crippen molar-refractivity contribution in [1.82, 2.24) is 4.98 Å². The second-order valence-electron chi connectivity index (χ2n) is 6.19. The largest absolute Gasteiger partial charge is 0.480 e. The highest BCUT2D eigenvalue weighted by Crippen LogP contribution is 2.30. The summed E-state index contributed by atoms with van der Waals surface area (Å²) in [6.45, 7) is 1.02. The fourth-order valence-corrected chi connectivity index (χ4v) is 3.40. The predicted octanol–water partition coefficient (Wildman–Crippen LogP) is 2.18. The van der Waals surface area contributed by atoms with Crippen LogP contribution in [-0.2, 0) is 16.0 Å². The Hall–Kier alpha value is -2.89. The van der Waals surface area contributed by atoms with Crippen LogP contribution in [0.5, 0.6) is 5.75 Å². The highest BCUT2D eigenvalue weighted by Gasteiger charge is 2.28. The Labute approximate surface area is 146 Å². The average molecular weight is 337 g/mol. The average Bonchev–Trinajstić information content (AvgIpc) is 2.66. The zero-order valence-electron chi connectivity index (χ0n) is 13.9. The first-order valence-electron chi connectivity index (χ1n) is 8.50. The Morgan fingerprint density at radius 1 is 1.20 bits per heavy atom. The molecule has 2 aliphatic heterocycles. The molecule has 0 aliphatic carbocycles. The number of fused-ring (bicyclic) bond motifs is 2. The molecule has 4 rings (SSSR count). The van der Waals surface area contributed by atoms with E-state index in [0.29, 0.717) is 18.1 Å². The molecule has 0 spiro atoms. The number of benzene rings is 1. The molecule has 1 aromatic heterocycles. The molecule has 25 heavy (non-hydrogen) atoms. The summed E-state index contributed by atoms with van der Waals surface area (Å²) in [6.07, 6.45) is 3.84. The molecular weight excluding hydrogens is 318 g/mol. The van der Waals surface area contributed by atoms with Crippen LogP contribution in [-0.4, -0.2) is 36.5 Å². The number of carbonyl (C=O) groups is 2. The number of aryl methyl sites for hydroxylation is 1. The van der Waals surface area contributed by atoms with E-state index in [1.165, 1.54) is 5.56 Å². The van der Waals surface area contributed by atoms with E-state index in [-0.39, 0.29) is 24.8 Å². The van der Waals surface area contributed by atoms with Crippen LogP contribution in [0.3, 0.4) is 0 Å². The molecule has 2 amide bonds. The zero-order chi connectivity index (χ0) is 17.2. The SMILES string of the molecule is O=C(CCN1C(=O)COc2cccnc21)N1CCCc2ccccc21. The zero-order valence-corrected chi connectivity index (χ0v) is 13.9. The maximum absolute atomic E-state index is 12.8. The molecule has 2 aromatic rings. The van der Waals surface area contributed by atoms with Crippen molar-refractivity contribution in [1.29, 1.82) is 0 Å². The van der Waals surface area contributed by atoms with Gasteiger partial charge in [-0.1, -0.05) is 18.2 Å². The molecule has 0 bridgehead atoms. The van der Waals surface area contributed by atoms with Crippen LogP contribution in [0, 0.1) is 0 Å². The maximum atomic E-state index is 12.8. The van der Waals surface area contributed by atoms with E-state index in [1.807, 2.05) is 23.1 Å². The van der Waals surface area contributed by atoms with Gasteiger partial charge in [0.15, 0.2) is 18.2 Å². The Kier molecular flexibility index (Phi) is 4.09. The van der Waals surface area contributed by atoms with Gasteiger partial charge < -0.3 is 9.64 Å². The molecule has 0 saturated heterocycles. The van der Waals surface area contributed by atoms with Crippen molar-refractivity contribution in [2.45, 2.75) is 19.3 Å². The first-order chi connectivity index (χ1) is 12.2. The third-order valence-electron chi connectivity index (χ3n) is 4.62. The van der Waals surface area contributed by atoms with Gasteiger partial charge in [0.25, 0.3) is 5.91 Å². The first-order valence-corrected chi connectivity index (χ1v) is 8.50. The summed E-state index contributed by atoms with van der Waals surface area (Å²) in [5.74, 6) is 0.936. The van der Waals surface area contributed by atoms with Crippen molar-refractivity contribution in [2.24, 2.45) is 0 Å². The van der Waals surface area contributed by atoms with E-state index in [1.54, 1.807) is 23.2 Å². The van der Waals surface area contributed by atoms with E-state index in [9.17, 15) is 9.59 Å². The molecule has 0 unspecified atom stereocenters. The molecule has 1 aromatic carbocycles. The minimum atomic E-state index is -0.168. The number of pyridine rings is 1. The van der Waals surface area contributed by atoms with Crippen LogP contribution in [0.1, 0.15) is 18.4 Å². The van der Waals surface area contributed by atoms with Gasteiger partial charge in [-0.3, -0.25) is 14.5 Å². The van der Waals surface area contributed by atoms with Crippen LogP contribution in [0.4, 0.5) is 11.5 Å². The van der Waals surface area contributed by atoms with Crippen molar-refractivity contribution >= 4 is 23.3 Å². The van der Waals surface area contributed by atoms with Crippen molar-refractivity contribution in [2.75, 3.05) is 29.5 Å². The molecule has 0 fully saturated rings. The van der Waals surface area contributed by atoms with Crippen molar-refractivity contribution in [3.05, 3.63) is 48.2 Å². The van der Waals surface area contributed by atoms with Crippen LogP contribution in [0.25, 0.3) is 0 Å². The second kappa shape index (κ2) is 6.55. The number of hydrogen-bond donors (Lipinski definition) is 0. The molecule has 0 radical (unpaired) electrons. The normalized spacial score (nSPS) is 16.1. The summed E-state index contributed by atoms with van der Waals surface area (Å²) < 4.78 is 5.39. The first kappa shape index (κ1) is 15.6. The van der Waals surface area contributed by atoms with Gasteiger partial charge in [0.05, 0.1) is 0 Å². The Morgan fingerprint density at radius 2 is 2.08 bits per heavy atom. The van der Waals surface area contributed by atoms with Gasteiger partial charge in [0.2, 0.25) is 5.91 Å². The number of carbonyl (C=O) groups excluding carboxylic acids is 2. The standard InChI is InChI=1S/C19H19N3O3/c23-17(21-11-4-6-14-5-1-2-7-15(14)21)9-12-22-18(24)13-25-16-8-3-10-20-19(16)22/h1-3,5,7-8,10H,4,6,9,11-13H2. The van der Waals surface area contributed by atoms with Gasteiger partial charge in [-0.05, 0) is 36.6 Å². The summed E-state index contributed by atoms with van der Waals surface area (Å²) in [5.41, 5.74) is 2.20.